The minimum absolute atomic E-state index is 0.0673. The number of ether oxygens (including phenoxy) is 1. The third-order valence-corrected chi connectivity index (χ3v) is 5.34. The summed E-state index contributed by atoms with van der Waals surface area (Å²) in [4.78, 5) is 17.6. The summed E-state index contributed by atoms with van der Waals surface area (Å²) in [5.74, 6) is 0.820. The lowest BCUT2D eigenvalue weighted by Crippen LogP contribution is -2.45. The van der Waals surface area contributed by atoms with Crippen LogP contribution in [-0.4, -0.2) is 40.3 Å². The van der Waals surface area contributed by atoms with Crippen molar-refractivity contribution in [2.24, 2.45) is 0 Å². The van der Waals surface area contributed by atoms with E-state index in [2.05, 4.69) is 30.1 Å². The number of fused-ring (bicyclic) bond motifs is 1. The lowest BCUT2D eigenvalue weighted by molar-refractivity contribution is 0.0882. The van der Waals surface area contributed by atoms with Crippen LogP contribution in [0.4, 0.5) is 4.79 Å². The molecule has 144 valence electrons. The van der Waals surface area contributed by atoms with Gasteiger partial charge in [-0.3, -0.25) is 10.2 Å². The summed E-state index contributed by atoms with van der Waals surface area (Å²) in [6.45, 7) is 3.26. The van der Waals surface area contributed by atoms with Gasteiger partial charge in [0.25, 0.3) is 0 Å². The van der Waals surface area contributed by atoms with E-state index in [1.807, 2.05) is 36.5 Å². The number of hydrogen-bond acceptors (Lipinski definition) is 4. The number of likely N-dealkylation sites (tertiary alicyclic amines) is 1. The molecule has 6 nitrogen and oxygen atoms in total. The molecule has 1 aromatic heterocycles. The maximum absolute atomic E-state index is 11.4. The molecular formula is C22H23N3O3. The number of amides is 2. The summed E-state index contributed by atoms with van der Waals surface area (Å²) in [5, 5.41) is 9.87. The van der Waals surface area contributed by atoms with Gasteiger partial charge in [-0.05, 0) is 36.2 Å². The van der Waals surface area contributed by atoms with Gasteiger partial charge in [-0.2, -0.15) is 0 Å². The summed E-state index contributed by atoms with van der Waals surface area (Å²) in [6.07, 6.45) is 3.47. The number of carbonyl (C=O) groups is 1. The predicted molar refractivity (Wildman–Crippen MR) is 107 cm³/mol. The number of pyridine rings is 1. The normalized spacial score (nSPS) is 14.9. The average molecular weight is 377 g/mol. The fourth-order valence-corrected chi connectivity index (χ4v) is 3.72. The number of urea groups is 1. The van der Waals surface area contributed by atoms with Crippen LogP contribution in [0.15, 0.2) is 54.7 Å². The van der Waals surface area contributed by atoms with E-state index in [4.69, 9.17) is 9.94 Å². The minimum Gasteiger partial charge on any atom is -0.490 e. The van der Waals surface area contributed by atoms with E-state index in [-0.39, 0.29) is 6.10 Å². The fourth-order valence-electron chi connectivity index (χ4n) is 3.72. The van der Waals surface area contributed by atoms with Crippen LogP contribution in [0.1, 0.15) is 18.4 Å². The third-order valence-electron chi connectivity index (χ3n) is 5.34. The van der Waals surface area contributed by atoms with Crippen molar-refractivity contribution in [3.05, 3.63) is 60.3 Å². The van der Waals surface area contributed by atoms with Crippen LogP contribution in [0.5, 0.6) is 5.75 Å². The number of piperidine rings is 1. The Morgan fingerprint density at radius 3 is 2.57 bits per heavy atom. The molecule has 0 radical (unpaired) electrons. The first-order valence-electron chi connectivity index (χ1n) is 9.46. The number of nitrogens with zero attached hydrogens (tertiary/aromatic N) is 2. The van der Waals surface area contributed by atoms with E-state index >= 15 is 0 Å². The fraction of sp³-hybridized carbons (Fsp3) is 0.273. The number of aryl methyl sites for hydroxylation is 1. The van der Waals surface area contributed by atoms with Crippen molar-refractivity contribution in [3.8, 4) is 16.9 Å². The molecule has 28 heavy (non-hydrogen) atoms. The SMILES string of the molecule is Cc1c(-c2ccc(OC3CCN(C(=O)NO)CC3)cc2)cnc2ccccc12. The number of rotatable bonds is 3. The average Bonchev–Trinajstić information content (AvgIpc) is 2.75. The Morgan fingerprint density at radius 2 is 1.86 bits per heavy atom. The first-order chi connectivity index (χ1) is 13.7. The minimum atomic E-state index is -0.456. The summed E-state index contributed by atoms with van der Waals surface area (Å²) in [6, 6.07) is 15.8. The molecule has 0 bridgehead atoms. The first-order valence-corrected chi connectivity index (χ1v) is 9.46. The smallest absolute Gasteiger partial charge is 0.341 e. The van der Waals surface area contributed by atoms with Crippen molar-refractivity contribution in [1.82, 2.24) is 15.4 Å². The van der Waals surface area contributed by atoms with Gasteiger partial charge in [0.1, 0.15) is 11.9 Å². The van der Waals surface area contributed by atoms with Crippen molar-refractivity contribution >= 4 is 16.9 Å². The summed E-state index contributed by atoms with van der Waals surface area (Å²) in [5.41, 5.74) is 6.13. The van der Waals surface area contributed by atoms with Crippen molar-refractivity contribution in [2.45, 2.75) is 25.9 Å². The number of benzene rings is 2. The lowest BCUT2D eigenvalue weighted by atomic mass is 9.99. The predicted octanol–water partition coefficient (Wildman–Crippen LogP) is 4.15. The second-order valence-corrected chi connectivity index (χ2v) is 7.06. The quantitative estimate of drug-likeness (QED) is 0.531. The van der Waals surface area contributed by atoms with E-state index in [0.29, 0.717) is 13.1 Å². The van der Waals surface area contributed by atoms with Crippen molar-refractivity contribution in [3.63, 3.8) is 0 Å². The number of nitrogens with one attached hydrogen (secondary N) is 1. The molecule has 0 spiro atoms. The molecule has 3 aromatic rings. The Morgan fingerprint density at radius 1 is 1.14 bits per heavy atom. The highest BCUT2D eigenvalue weighted by Gasteiger charge is 2.23. The Bertz CT molecular complexity index is 980. The number of hydroxylamine groups is 1. The Balaban J connectivity index is 1.45. The van der Waals surface area contributed by atoms with Gasteiger partial charge < -0.3 is 9.64 Å². The van der Waals surface area contributed by atoms with Gasteiger partial charge in [0, 0.05) is 43.1 Å². The van der Waals surface area contributed by atoms with Gasteiger partial charge in [0.2, 0.25) is 0 Å². The number of para-hydroxylation sites is 1. The zero-order valence-corrected chi connectivity index (χ0v) is 15.8. The first kappa shape index (κ1) is 18.3. The summed E-state index contributed by atoms with van der Waals surface area (Å²) in [7, 11) is 0. The van der Waals surface area contributed by atoms with E-state index in [9.17, 15) is 4.79 Å². The van der Waals surface area contributed by atoms with E-state index in [0.717, 1.165) is 35.2 Å². The van der Waals surface area contributed by atoms with Crippen molar-refractivity contribution in [1.29, 1.82) is 0 Å². The van der Waals surface area contributed by atoms with Gasteiger partial charge in [0.15, 0.2) is 0 Å². The Hall–Kier alpha value is -3.12. The molecule has 0 saturated carbocycles. The maximum atomic E-state index is 11.4. The zero-order chi connectivity index (χ0) is 19.5. The molecule has 0 atom stereocenters. The van der Waals surface area contributed by atoms with E-state index in [1.165, 1.54) is 10.9 Å². The van der Waals surface area contributed by atoms with Crippen molar-refractivity contribution in [2.75, 3.05) is 13.1 Å². The van der Waals surface area contributed by atoms with Crippen LogP contribution in [0.25, 0.3) is 22.0 Å². The highest BCUT2D eigenvalue weighted by Crippen LogP contribution is 2.30. The zero-order valence-electron chi connectivity index (χ0n) is 15.8. The van der Waals surface area contributed by atoms with Crippen LogP contribution >= 0.6 is 0 Å². The molecule has 1 saturated heterocycles. The van der Waals surface area contributed by atoms with Crippen molar-refractivity contribution < 1.29 is 14.7 Å². The molecule has 2 N–H and O–H groups in total. The number of aromatic nitrogens is 1. The molecule has 0 aliphatic carbocycles. The third kappa shape index (κ3) is 3.64. The molecular weight excluding hydrogens is 354 g/mol. The molecule has 2 heterocycles. The van der Waals surface area contributed by atoms with Gasteiger partial charge in [0.05, 0.1) is 5.52 Å². The van der Waals surface area contributed by atoms with Gasteiger partial charge >= 0.3 is 6.03 Å². The van der Waals surface area contributed by atoms with Crippen LogP contribution in [0.2, 0.25) is 0 Å². The van der Waals surface area contributed by atoms with Gasteiger partial charge in [-0.15, -0.1) is 0 Å². The highest BCUT2D eigenvalue weighted by atomic mass is 16.5. The molecule has 1 aliphatic rings. The summed E-state index contributed by atoms with van der Waals surface area (Å²) >= 11 is 0. The van der Waals surface area contributed by atoms with Crippen LogP contribution in [0.3, 0.4) is 0 Å². The van der Waals surface area contributed by atoms with Gasteiger partial charge in [-0.25, -0.2) is 10.3 Å². The summed E-state index contributed by atoms with van der Waals surface area (Å²) < 4.78 is 6.07. The van der Waals surface area contributed by atoms with E-state index < -0.39 is 6.03 Å². The monoisotopic (exact) mass is 377 g/mol. The lowest BCUT2D eigenvalue weighted by Gasteiger charge is -2.31. The molecule has 1 aliphatic heterocycles. The molecule has 0 unspecified atom stereocenters. The molecule has 1 fully saturated rings. The second kappa shape index (κ2) is 7.86. The van der Waals surface area contributed by atoms with Crippen LogP contribution in [-0.2, 0) is 0 Å². The topological polar surface area (TPSA) is 74.7 Å². The largest absolute Gasteiger partial charge is 0.490 e. The molecule has 6 heteroatoms. The number of carbonyl (C=O) groups excluding carboxylic acids is 1. The molecule has 2 aromatic carbocycles. The maximum Gasteiger partial charge on any atom is 0.341 e. The van der Waals surface area contributed by atoms with Crippen LogP contribution in [0, 0.1) is 6.92 Å². The Labute approximate surface area is 163 Å². The Kier molecular flexibility index (Phi) is 5.12. The second-order valence-electron chi connectivity index (χ2n) is 7.06. The van der Waals surface area contributed by atoms with E-state index in [1.54, 1.807) is 10.4 Å². The van der Waals surface area contributed by atoms with Crippen LogP contribution < -0.4 is 10.2 Å². The highest BCUT2D eigenvalue weighted by molar-refractivity contribution is 5.88. The molecule has 2 amide bonds. The standard InChI is InChI=1S/C22H23N3O3/c1-15-19-4-2-3-5-21(19)23-14-20(15)16-6-8-17(9-7-16)28-18-10-12-25(13-11-18)22(26)24-27/h2-9,14,18,27H,10-13H2,1H3,(H,24,26). The molecule has 4 rings (SSSR count). The van der Waals surface area contributed by atoms with Gasteiger partial charge in [-0.1, -0.05) is 30.3 Å². The number of hydrogen-bond donors (Lipinski definition) is 2.